The van der Waals surface area contributed by atoms with E-state index < -0.39 is 0 Å². The van der Waals surface area contributed by atoms with Crippen LogP contribution in [-0.4, -0.2) is 0 Å². The second-order valence-corrected chi connectivity index (χ2v) is 2.85. The smallest absolute Gasteiger partial charge is 0.0994 e. The summed E-state index contributed by atoms with van der Waals surface area (Å²) in [7, 11) is 0. The molecular weight excluding hydrogens is 176 g/mol. The second-order valence-electron chi connectivity index (χ2n) is 2.85. The van der Waals surface area contributed by atoms with E-state index in [9.17, 15) is 0 Å². The Bertz CT molecular complexity index is 411. The molecule has 0 heterocycles. The Labute approximate surface area is 82.4 Å². The molecule has 1 rings (SSSR count). The summed E-state index contributed by atoms with van der Waals surface area (Å²) in [4.78, 5) is 2.69. The predicted molar refractivity (Wildman–Crippen MR) is 53.4 cm³/mol. The van der Waals surface area contributed by atoms with Gasteiger partial charge in [0, 0.05) is 4.91 Å². The van der Waals surface area contributed by atoms with Crippen molar-refractivity contribution in [3.8, 4) is 6.07 Å². The highest BCUT2D eigenvalue weighted by molar-refractivity contribution is 5.40. The summed E-state index contributed by atoms with van der Waals surface area (Å²) in [6.45, 7) is 2.34. The number of nitrogens with zero attached hydrogens (tertiary/aromatic N) is 4. The van der Waals surface area contributed by atoms with Crippen molar-refractivity contribution in [1.82, 2.24) is 0 Å². The van der Waals surface area contributed by atoms with Crippen molar-refractivity contribution in [2.75, 3.05) is 0 Å². The summed E-state index contributed by atoms with van der Waals surface area (Å²) in [6, 6.07) is 7.61. The lowest BCUT2D eigenvalue weighted by Crippen LogP contribution is -1.90. The van der Waals surface area contributed by atoms with Gasteiger partial charge in [0.05, 0.1) is 18.2 Å². The Morgan fingerprint density at radius 2 is 2.36 bits per heavy atom. The van der Waals surface area contributed by atoms with Gasteiger partial charge in [0.1, 0.15) is 0 Å². The fourth-order valence-corrected chi connectivity index (χ4v) is 1.26. The maximum atomic E-state index is 8.78. The number of hydrogen-bond acceptors (Lipinski definition) is 2. The van der Waals surface area contributed by atoms with Crippen molar-refractivity contribution in [3.05, 3.63) is 45.3 Å². The van der Waals surface area contributed by atoms with Crippen molar-refractivity contribution in [1.29, 1.82) is 5.26 Å². The van der Waals surface area contributed by atoms with Gasteiger partial charge in [-0.1, -0.05) is 24.2 Å². The van der Waals surface area contributed by atoms with Crippen LogP contribution in [-0.2, 0) is 13.0 Å². The number of benzene rings is 1. The summed E-state index contributed by atoms with van der Waals surface area (Å²) < 4.78 is 0. The minimum absolute atomic E-state index is 0.342. The fourth-order valence-electron chi connectivity index (χ4n) is 1.26. The molecule has 0 radical (unpaired) electrons. The Balaban J connectivity index is 3.02. The van der Waals surface area contributed by atoms with Gasteiger partial charge in [0.15, 0.2) is 0 Å². The average Bonchev–Trinajstić information content (AvgIpc) is 2.25. The predicted octanol–water partition coefficient (Wildman–Crippen LogP) is 2.93. The summed E-state index contributed by atoms with van der Waals surface area (Å²) in [6.07, 6.45) is 0.813. The summed E-state index contributed by atoms with van der Waals surface area (Å²) >= 11 is 0. The van der Waals surface area contributed by atoms with Gasteiger partial charge < -0.3 is 0 Å². The highest BCUT2D eigenvalue weighted by Gasteiger charge is 2.00. The van der Waals surface area contributed by atoms with E-state index in [1.165, 1.54) is 0 Å². The van der Waals surface area contributed by atoms with E-state index in [0.29, 0.717) is 12.1 Å². The zero-order chi connectivity index (χ0) is 10.4. The minimum Gasteiger partial charge on any atom is -0.192 e. The molecule has 0 aliphatic rings. The first-order chi connectivity index (χ1) is 6.81. The van der Waals surface area contributed by atoms with Gasteiger partial charge in [-0.05, 0) is 29.1 Å². The van der Waals surface area contributed by atoms with Gasteiger partial charge in [-0.3, -0.25) is 0 Å². The van der Waals surface area contributed by atoms with E-state index >= 15 is 0 Å². The van der Waals surface area contributed by atoms with Gasteiger partial charge in [0.25, 0.3) is 0 Å². The van der Waals surface area contributed by atoms with Crippen LogP contribution in [0.5, 0.6) is 0 Å². The Morgan fingerprint density at radius 3 is 2.93 bits per heavy atom. The normalized spacial score (nSPS) is 8.86. The SMILES string of the molecule is CCc1cc(CN=[N+]=[N-])ccc1C#N. The van der Waals surface area contributed by atoms with Crippen LogP contribution in [0.25, 0.3) is 10.4 Å². The molecule has 0 saturated heterocycles. The highest BCUT2D eigenvalue weighted by atomic mass is 15.1. The molecule has 4 nitrogen and oxygen atoms in total. The van der Waals surface area contributed by atoms with Crippen LogP contribution in [0.2, 0.25) is 0 Å². The molecular formula is C10H10N4. The fraction of sp³-hybridized carbons (Fsp3) is 0.300. The molecule has 0 atom stereocenters. The molecule has 0 fully saturated rings. The van der Waals surface area contributed by atoms with Crippen LogP contribution in [0.3, 0.4) is 0 Å². The number of aryl methyl sites for hydroxylation is 1. The summed E-state index contributed by atoms with van der Waals surface area (Å²) in [5, 5.41) is 12.3. The first kappa shape index (κ1) is 10.1. The molecule has 4 heteroatoms. The molecule has 0 unspecified atom stereocenters. The highest BCUT2D eigenvalue weighted by Crippen LogP contribution is 2.12. The van der Waals surface area contributed by atoms with Crippen molar-refractivity contribution in [2.45, 2.75) is 19.9 Å². The molecule has 0 aromatic heterocycles. The number of nitriles is 1. The molecule has 70 valence electrons. The average molecular weight is 186 g/mol. The largest absolute Gasteiger partial charge is 0.192 e. The van der Waals surface area contributed by atoms with E-state index in [1.807, 2.05) is 19.1 Å². The van der Waals surface area contributed by atoms with Gasteiger partial charge in [-0.15, -0.1) is 0 Å². The molecule has 0 saturated carbocycles. The Kier molecular flexibility index (Phi) is 3.54. The van der Waals surface area contributed by atoms with Crippen LogP contribution in [0.1, 0.15) is 23.6 Å². The number of hydrogen-bond donors (Lipinski definition) is 0. The molecule has 0 N–H and O–H groups in total. The molecule has 1 aromatic rings. The molecule has 0 amide bonds. The third-order valence-electron chi connectivity index (χ3n) is 1.99. The van der Waals surface area contributed by atoms with Crippen LogP contribution in [0.4, 0.5) is 0 Å². The monoisotopic (exact) mass is 186 g/mol. The lowest BCUT2D eigenvalue weighted by Gasteiger charge is -2.02. The zero-order valence-electron chi connectivity index (χ0n) is 7.94. The Hall–Kier alpha value is -1.98. The summed E-state index contributed by atoms with van der Waals surface area (Å²) in [5.74, 6) is 0. The topological polar surface area (TPSA) is 72.6 Å². The van der Waals surface area contributed by atoms with E-state index in [2.05, 4.69) is 16.1 Å². The lowest BCUT2D eigenvalue weighted by atomic mass is 10.0. The second kappa shape index (κ2) is 4.90. The van der Waals surface area contributed by atoms with Crippen molar-refractivity contribution in [2.24, 2.45) is 5.11 Å². The molecule has 0 aliphatic heterocycles. The van der Waals surface area contributed by atoms with Crippen LogP contribution < -0.4 is 0 Å². The first-order valence-electron chi connectivity index (χ1n) is 4.34. The van der Waals surface area contributed by atoms with Crippen LogP contribution >= 0.6 is 0 Å². The maximum Gasteiger partial charge on any atom is 0.0994 e. The number of azide groups is 1. The molecule has 0 bridgehead atoms. The molecule has 1 aromatic carbocycles. The third kappa shape index (κ3) is 2.25. The standard InChI is InChI=1S/C10H10N4/c1-2-9-5-8(7-13-14-12)3-4-10(9)6-11/h3-5H,2,7H2,1H3. The van der Waals surface area contributed by atoms with Gasteiger partial charge in [-0.25, -0.2) is 0 Å². The van der Waals surface area contributed by atoms with Gasteiger partial charge in [0.2, 0.25) is 0 Å². The van der Waals surface area contributed by atoms with Crippen LogP contribution in [0, 0.1) is 11.3 Å². The van der Waals surface area contributed by atoms with Crippen molar-refractivity contribution < 1.29 is 0 Å². The van der Waals surface area contributed by atoms with Gasteiger partial charge >= 0.3 is 0 Å². The first-order valence-corrected chi connectivity index (χ1v) is 4.34. The molecule has 0 spiro atoms. The maximum absolute atomic E-state index is 8.78. The van der Waals surface area contributed by atoms with Crippen molar-refractivity contribution >= 4 is 0 Å². The van der Waals surface area contributed by atoms with E-state index in [0.717, 1.165) is 17.5 Å². The van der Waals surface area contributed by atoms with Crippen LogP contribution in [0.15, 0.2) is 23.3 Å². The molecule has 14 heavy (non-hydrogen) atoms. The van der Waals surface area contributed by atoms with E-state index in [-0.39, 0.29) is 0 Å². The third-order valence-corrected chi connectivity index (χ3v) is 1.99. The van der Waals surface area contributed by atoms with Crippen molar-refractivity contribution in [3.63, 3.8) is 0 Å². The van der Waals surface area contributed by atoms with E-state index in [1.54, 1.807) is 6.07 Å². The quantitative estimate of drug-likeness (QED) is 0.406. The summed E-state index contributed by atoms with van der Waals surface area (Å²) in [5.41, 5.74) is 10.8. The molecule has 0 aliphatic carbocycles. The Morgan fingerprint density at radius 1 is 1.57 bits per heavy atom. The lowest BCUT2D eigenvalue weighted by molar-refractivity contribution is 1.03. The van der Waals surface area contributed by atoms with E-state index in [4.69, 9.17) is 10.8 Å². The van der Waals surface area contributed by atoms with Gasteiger partial charge in [-0.2, -0.15) is 5.26 Å². The zero-order valence-corrected chi connectivity index (χ0v) is 7.94. The number of rotatable bonds is 3. The minimum atomic E-state index is 0.342.